The van der Waals surface area contributed by atoms with Gasteiger partial charge >= 0.3 is 0 Å². The van der Waals surface area contributed by atoms with Gasteiger partial charge in [-0.05, 0) is 42.5 Å². The highest BCUT2D eigenvalue weighted by Crippen LogP contribution is 2.33. The molecule has 5 rings (SSSR count). The van der Waals surface area contributed by atoms with Crippen molar-refractivity contribution < 1.29 is 4.74 Å². The maximum Gasteiger partial charge on any atom is 0.211 e. The van der Waals surface area contributed by atoms with E-state index in [1.54, 1.807) is 19.5 Å². The van der Waals surface area contributed by atoms with E-state index < -0.39 is 0 Å². The fourth-order valence-electron chi connectivity index (χ4n) is 3.04. The van der Waals surface area contributed by atoms with Crippen LogP contribution in [0.2, 0.25) is 0 Å². The van der Waals surface area contributed by atoms with Crippen molar-refractivity contribution >= 4 is 49.1 Å². The zero-order valence-corrected chi connectivity index (χ0v) is 18.7. The second-order valence-corrected chi connectivity index (χ2v) is 8.46. The van der Waals surface area contributed by atoms with E-state index in [1.165, 1.54) is 11.3 Å². The fourth-order valence-corrected chi connectivity index (χ4v) is 4.05. The van der Waals surface area contributed by atoms with Crippen LogP contribution in [0.5, 0.6) is 5.75 Å². The normalized spacial score (nSPS) is 10.9. The summed E-state index contributed by atoms with van der Waals surface area (Å²) >= 11 is 4.91. The van der Waals surface area contributed by atoms with Gasteiger partial charge in [0.15, 0.2) is 5.82 Å². The molecule has 0 saturated carbocycles. The number of nitrogens with one attached hydrogen (secondary N) is 1. The molecule has 2 aromatic carbocycles. The van der Waals surface area contributed by atoms with Gasteiger partial charge in [0.1, 0.15) is 16.6 Å². The SMILES string of the molecule is COc1ccc2nc(-c3cccnc3)nc(Nc3nnc(-c4ccc(Br)cc4)s3)c2c1. The Morgan fingerprint density at radius 1 is 0.968 bits per heavy atom. The van der Waals surface area contributed by atoms with Gasteiger partial charge in [0.25, 0.3) is 0 Å². The number of aromatic nitrogens is 5. The summed E-state index contributed by atoms with van der Waals surface area (Å²) in [5, 5.41) is 14.2. The Hall–Kier alpha value is -3.43. The van der Waals surface area contributed by atoms with Crippen LogP contribution in [0.1, 0.15) is 0 Å². The lowest BCUT2D eigenvalue weighted by molar-refractivity contribution is 0.415. The van der Waals surface area contributed by atoms with Crippen molar-refractivity contribution in [3.63, 3.8) is 0 Å². The first-order valence-corrected chi connectivity index (χ1v) is 10.9. The van der Waals surface area contributed by atoms with E-state index >= 15 is 0 Å². The molecule has 0 aliphatic heterocycles. The third-order valence-corrected chi connectivity index (χ3v) is 5.98. The minimum absolute atomic E-state index is 0.575. The number of halogens is 1. The molecule has 0 aliphatic rings. The summed E-state index contributed by atoms with van der Waals surface area (Å²) < 4.78 is 6.41. The smallest absolute Gasteiger partial charge is 0.211 e. The minimum Gasteiger partial charge on any atom is -0.497 e. The van der Waals surface area contributed by atoms with E-state index in [0.29, 0.717) is 16.8 Å². The number of anilines is 2. The second kappa shape index (κ2) is 8.37. The van der Waals surface area contributed by atoms with Gasteiger partial charge in [0, 0.05) is 33.4 Å². The third-order valence-electron chi connectivity index (χ3n) is 4.56. The van der Waals surface area contributed by atoms with Crippen LogP contribution >= 0.6 is 27.3 Å². The van der Waals surface area contributed by atoms with Crippen LogP contribution in [0.15, 0.2) is 71.5 Å². The lowest BCUT2D eigenvalue weighted by Crippen LogP contribution is -2.00. The molecule has 3 heterocycles. The Bertz CT molecular complexity index is 1360. The van der Waals surface area contributed by atoms with Crippen LogP contribution in [-0.4, -0.2) is 32.3 Å². The minimum atomic E-state index is 0.575. The van der Waals surface area contributed by atoms with Crippen LogP contribution < -0.4 is 10.1 Å². The first kappa shape index (κ1) is 19.5. The van der Waals surface area contributed by atoms with Gasteiger partial charge in [-0.15, -0.1) is 10.2 Å². The molecule has 1 N–H and O–H groups in total. The lowest BCUT2D eigenvalue weighted by atomic mass is 10.2. The molecule has 0 bridgehead atoms. The molecule has 0 unspecified atom stereocenters. The van der Waals surface area contributed by atoms with Gasteiger partial charge in [-0.2, -0.15) is 0 Å². The molecule has 5 aromatic rings. The molecular formula is C22H15BrN6OS. The zero-order chi connectivity index (χ0) is 21.2. The van der Waals surface area contributed by atoms with Crippen molar-refractivity contribution in [3.8, 4) is 27.7 Å². The van der Waals surface area contributed by atoms with E-state index in [0.717, 1.165) is 37.3 Å². The van der Waals surface area contributed by atoms with E-state index in [-0.39, 0.29) is 0 Å². The van der Waals surface area contributed by atoms with Crippen molar-refractivity contribution in [2.24, 2.45) is 0 Å². The molecule has 31 heavy (non-hydrogen) atoms. The molecule has 7 nitrogen and oxygen atoms in total. The Morgan fingerprint density at radius 3 is 2.61 bits per heavy atom. The van der Waals surface area contributed by atoms with Crippen LogP contribution in [0.3, 0.4) is 0 Å². The van der Waals surface area contributed by atoms with Gasteiger partial charge in [0.2, 0.25) is 5.13 Å². The van der Waals surface area contributed by atoms with E-state index in [2.05, 4.69) is 36.4 Å². The van der Waals surface area contributed by atoms with Gasteiger partial charge in [0.05, 0.1) is 12.6 Å². The van der Waals surface area contributed by atoms with Crippen LogP contribution in [-0.2, 0) is 0 Å². The summed E-state index contributed by atoms with van der Waals surface area (Å²) in [6, 6.07) is 17.4. The van der Waals surface area contributed by atoms with Crippen molar-refractivity contribution in [2.45, 2.75) is 0 Å². The fraction of sp³-hybridized carbons (Fsp3) is 0.0455. The third kappa shape index (κ3) is 4.10. The molecule has 152 valence electrons. The Morgan fingerprint density at radius 2 is 1.84 bits per heavy atom. The number of hydrogen-bond acceptors (Lipinski definition) is 8. The molecule has 0 spiro atoms. The standard InChI is InChI=1S/C22H15BrN6OS/c1-30-16-8-9-18-17(11-16)20(26-19(25-18)14-3-2-10-24-12-14)27-22-29-28-21(31-22)13-4-6-15(23)7-5-13/h2-12H,1H3,(H,25,26,27,29). The first-order valence-electron chi connectivity index (χ1n) is 9.32. The average molecular weight is 491 g/mol. The molecule has 0 atom stereocenters. The summed E-state index contributed by atoms with van der Waals surface area (Å²) in [6.07, 6.45) is 3.46. The number of ether oxygens (including phenoxy) is 1. The Labute approximate surface area is 190 Å². The van der Waals surface area contributed by atoms with Crippen LogP contribution in [0.25, 0.3) is 32.9 Å². The lowest BCUT2D eigenvalue weighted by Gasteiger charge is -2.10. The molecule has 0 fully saturated rings. The van der Waals surface area contributed by atoms with E-state index in [4.69, 9.17) is 14.7 Å². The number of benzene rings is 2. The van der Waals surface area contributed by atoms with Gasteiger partial charge in [-0.1, -0.05) is 39.4 Å². The number of fused-ring (bicyclic) bond motifs is 1. The van der Waals surface area contributed by atoms with Crippen LogP contribution in [0.4, 0.5) is 10.9 Å². The predicted octanol–water partition coefficient (Wildman–Crippen LogP) is 5.73. The van der Waals surface area contributed by atoms with Gasteiger partial charge in [-0.25, -0.2) is 9.97 Å². The first-order chi connectivity index (χ1) is 15.2. The van der Waals surface area contributed by atoms with Gasteiger partial charge < -0.3 is 10.1 Å². The number of rotatable bonds is 5. The number of methoxy groups -OCH3 is 1. The molecular weight excluding hydrogens is 476 g/mol. The molecule has 0 aliphatic carbocycles. The second-order valence-electron chi connectivity index (χ2n) is 6.56. The molecule has 0 radical (unpaired) electrons. The Balaban J connectivity index is 1.57. The van der Waals surface area contributed by atoms with Crippen molar-refractivity contribution in [1.82, 2.24) is 25.1 Å². The maximum atomic E-state index is 5.39. The quantitative estimate of drug-likeness (QED) is 0.336. The van der Waals surface area contributed by atoms with E-state index in [1.807, 2.05) is 54.6 Å². The topological polar surface area (TPSA) is 85.7 Å². The van der Waals surface area contributed by atoms with Crippen molar-refractivity contribution in [2.75, 3.05) is 12.4 Å². The summed E-state index contributed by atoms with van der Waals surface area (Å²) in [6.45, 7) is 0. The molecule has 9 heteroatoms. The molecule has 0 saturated heterocycles. The summed E-state index contributed by atoms with van der Waals surface area (Å²) in [5.74, 6) is 1.92. The van der Waals surface area contributed by atoms with Crippen LogP contribution in [0, 0.1) is 0 Å². The Kier molecular flexibility index (Phi) is 5.27. The largest absolute Gasteiger partial charge is 0.497 e. The van der Waals surface area contributed by atoms with Gasteiger partial charge in [-0.3, -0.25) is 4.98 Å². The van der Waals surface area contributed by atoms with E-state index in [9.17, 15) is 0 Å². The highest BCUT2D eigenvalue weighted by molar-refractivity contribution is 9.10. The average Bonchev–Trinajstić information content (AvgIpc) is 3.28. The van der Waals surface area contributed by atoms with Crippen molar-refractivity contribution in [3.05, 3.63) is 71.5 Å². The predicted molar refractivity (Wildman–Crippen MR) is 126 cm³/mol. The summed E-state index contributed by atoms with van der Waals surface area (Å²) in [7, 11) is 1.63. The number of pyridine rings is 1. The molecule has 0 amide bonds. The highest BCUT2D eigenvalue weighted by atomic mass is 79.9. The highest BCUT2D eigenvalue weighted by Gasteiger charge is 2.14. The zero-order valence-electron chi connectivity index (χ0n) is 16.3. The number of nitrogens with zero attached hydrogens (tertiary/aromatic N) is 5. The van der Waals surface area contributed by atoms with Crippen molar-refractivity contribution in [1.29, 1.82) is 0 Å². The number of hydrogen-bond donors (Lipinski definition) is 1. The monoisotopic (exact) mass is 490 g/mol. The maximum absolute atomic E-state index is 5.39. The summed E-state index contributed by atoms with van der Waals surface area (Å²) in [4.78, 5) is 13.6. The molecule has 3 aromatic heterocycles. The summed E-state index contributed by atoms with van der Waals surface area (Å²) in [5.41, 5.74) is 2.62.